The van der Waals surface area contributed by atoms with Crippen LogP contribution < -0.4 is 4.90 Å². The van der Waals surface area contributed by atoms with Crippen LogP contribution in [-0.2, 0) is 4.79 Å². The summed E-state index contributed by atoms with van der Waals surface area (Å²) < 4.78 is 0. The average Bonchev–Trinajstić information content (AvgIpc) is 2.38. The van der Waals surface area contributed by atoms with Gasteiger partial charge in [-0.15, -0.1) is 0 Å². The second-order valence-electron chi connectivity index (χ2n) is 4.95. The summed E-state index contributed by atoms with van der Waals surface area (Å²) >= 11 is 6.00. The average molecular weight is 283 g/mol. The molecule has 0 radical (unpaired) electrons. The molecule has 0 aliphatic carbocycles. The largest absolute Gasteiger partial charge is 0.481 e. The number of anilines is 1. The highest BCUT2D eigenvalue weighted by atomic mass is 35.5. The minimum atomic E-state index is -0.732. The number of benzene rings is 1. The quantitative estimate of drug-likeness (QED) is 0.920. The van der Waals surface area contributed by atoms with Gasteiger partial charge in [-0.2, -0.15) is 0 Å². The molecule has 1 aromatic rings. The summed E-state index contributed by atoms with van der Waals surface area (Å²) in [5, 5.41) is 9.57. The maximum Gasteiger partial charge on any atom is 0.304 e. The molecule has 1 heterocycles. The number of hydrogen-bond acceptors (Lipinski definition) is 3. The highest BCUT2D eigenvalue weighted by Crippen LogP contribution is 2.21. The van der Waals surface area contributed by atoms with Crippen LogP contribution in [0.3, 0.4) is 0 Å². The molecule has 19 heavy (non-hydrogen) atoms. The minimum absolute atomic E-state index is 0.0963. The van der Waals surface area contributed by atoms with Crippen molar-refractivity contribution >= 4 is 23.3 Å². The van der Waals surface area contributed by atoms with Crippen molar-refractivity contribution in [3.63, 3.8) is 0 Å². The topological polar surface area (TPSA) is 43.8 Å². The fourth-order valence-corrected chi connectivity index (χ4v) is 2.66. The molecule has 5 heteroatoms. The molecule has 1 aliphatic heterocycles. The van der Waals surface area contributed by atoms with Crippen LogP contribution in [0.25, 0.3) is 0 Å². The second-order valence-corrected chi connectivity index (χ2v) is 5.39. The zero-order valence-corrected chi connectivity index (χ0v) is 11.8. The van der Waals surface area contributed by atoms with Crippen molar-refractivity contribution in [2.24, 2.45) is 0 Å². The fraction of sp³-hybridized carbons (Fsp3) is 0.500. The predicted molar refractivity (Wildman–Crippen MR) is 77.0 cm³/mol. The Morgan fingerprint density at radius 2 is 2.05 bits per heavy atom. The Morgan fingerprint density at radius 1 is 1.37 bits per heavy atom. The lowest BCUT2D eigenvalue weighted by molar-refractivity contribution is -0.138. The Labute approximate surface area is 118 Å². The van der Waals surface area contributed by atoms with Gasteiger partial charge in [0.05, 0.1) is 6.42 Å². The van der Waals surface area contributed by atoms with Crippen LogP contribution in [0.4, 0.5) is 5.69 Å². The first kappa shape index (κ1) is 14.2. The van der Waals surface area contributed by atoms with Gasteiger partial charge in [-0.1, -0.05) is 17.7 Å². The number of carboxylic acid groups (broad SMARTS) is 1. The molecular weight excluding hydrogens is 264 g/mol. The third kappa shape index (κ3) is 3.85. The van der Waals surface area contributed by atoms with E-state index in [1.54, 1.807) is 0 Å². The number of piperazine rings is 1. The van der Waals surface area contributed by atoms with Gasteiger partial charge in [-0.25, -0.2) is 0 Å². The van der Waals surface area contributed by atoms with Crippen molar-refractivity contribution in [3.8, 4) is 0 Å². The van der Waals surface area contributed by atoms with Crippen LogP contribution >= 0.6 is 11.6 Å². The summed E-state index contributed by atoms with van der Waals surface area (Å²) in [5.41, 5.74) is 1.14. The van der Waals surface area contributed by atoms with Gasteiger partial charge in [0.1, 0.15) is 0 Å². The van der Waals surface area contributed by atoms with Crippen LogP contribution in [0.1, 0.15) is 13.3 Å². The molecule has 0 bridgehead atoms. The molecule has 2 rings (SSSR count). The normalized spacial score (nSPS) is 18.3. The van der Waals surface area contributed by atoms with E-state index in [1.807, 2.05) is 25.1 Å². The van der Waals surface area contributed by atoms with Gasteiger partial charge >= 0.3 is 5.97 Å². The number of rotatable bonds is 4. The molecule has 0 saturated carbocycles. The predicted octanol–water partition coefficient (Wildman–Crippen LogP) is 2.33. The Morgan fingerprint density at radius 3 is 2.63 bits per heavy atom. The molecule has 1 fully saturated rings. The van der Waals surface area contributed by atoms with E-state index in [4.69, 9.17) is 16.7 Å². The molecule has 1 aromatic carbocycles. The zero-order valence-electron chi connectivity index (χ0n) is 11.1. The summed E-state index contributed by atoms with van der Waals surface area (Å²) in [4.78, 5) is 15.2. The first-order chi connectivity index (χ1) is 9.06. The molecule has 1 atom stereocenters. The monoisotopic (exact) mass is 282 g/mol. The highest BCUT2D eigenvalue weighted by Gasteiger charge is 2.22. The molecule has 1 saturated heterocycles. The molecule has 4 nitrogen and oxygen atoms in total. The van der Waals surface area contributed by atoms with Crippen molar-refractivity contribution < 1.29 is 9.90 Å². The Balaban J connectivity index is 1.90. The van der Waals surface area contributed by atoms with E-state index in [2.05, 4.69) is 15.9 Å². The lowest BCUT2D eigenvalue weighted by Gasteiger charge is -2.38. The smallest absolute Gasteiger partial charge is 0.304 e. The first-order valence-electron chi connectivity index (χ1n) is 6.52. The van der Waals surface area contributed by atoms with Crippen LogP contribution in [0.2, 0.25) is 5.02 Å². The Kier molecular flexibility index (Phi) is 4.66. The maximum atomic E-state index is 10.7. The lowest BCUT2D eigenvalue weighted by atomic mass is 10.1. The van der Waals surface area contributed by atoms with Gasteiger partial charge in [-0.3, -0.25) is 9.69 Å². The fourth-order valence-electron chi connectivity index (χ4n) is 2.48. The first-order valence-corrected chi connectivity index (χ1v) is 6.90. The van der Waals surface area contributed by atoms with Crippen molar-refractivity contribution in [2.75, 3.05) is 31.1 Å². The third-order valence-electron chi connectivity index (χ3n) is 3.58. The molecule has 0 amide bonds. The van der Waals surface area contributed by atoms with Gasteiger partial charge in [0.25, 0.3) is 0 Å². The van der Waals surface area contributed by atoms with E-state index in [1.165, 1.54) is 0 Å². The van der Waals surface area contributed by atoms with E-state index in [0.29, 0.717) is 0 Å². The summed E-state index contributed by atoms with van der Waals surface area (Å²) in [6.45, 7) is 5.57. The molecule has 0 aromatic heterocycles. The van der Waals surface area contributed by atoms with Gasteiger partial charge in [0.2, 0.25) is 0 Å². The standard InChI is InChI=1S/C14H19ClN2O2/c1-11(9-14(18)19)16-5-7-17(8-6-16)13-4-2-3-12(15)10-13/h2-4,10-11H,5-9H2,1H3,(H,18,19). The summed E-state index contributed by atoms with van der Waals surface area (Å²) in [6, 6.07) is 7.95. The van der Waals surface area contributed by atoms with Crippen LogP contribution in [0.5, 0.6) is 0 Å². The molecule has 1 unspecified atom stereocenters. The SMILES string of the molecule is CC(CC(=O)O)N1CCN(c2cccc(Cl)c2)CC1. The number of carbonyl (C=O) groups is 1. The van der Waals surface area contributed by atoms with Crippen molar-refractivity contribution in [1.82, 2.24) is 4.90 Å². The van der Waals surface area contributed by atoms with Gasteiger partial charge < -0.3 is 10.0 Å². The maximum absolute atomic E-state index is 10.7. The van der Waals surface area contributed by atoms with E-state index in [0.717, 1.165) is 36.9 Å². The highest BCUT2D eigenvalue weighted by molar-refractivity contribution is 6.30. The lowest BCUT2D eigenvalue weighted by Crippen LogP contribution is -2.50. The number of hydrogen-bond donors (Lipinski definition) is 1. The molecule has 0 spiro atoms. The molecular formula is C14H19ClN2O2. The number of carboxylic acids is 1. The third-order valence-corrected chi connectivity index (χ3v) is 3.82. The zero-order chi connectivity index (χ0) is 13.8. The van der Waals surface area contributed by atoms with E-state index < -0.39 is 5.97 Å². The summed E-state index contributed by atoms with van der Waals surface area (Å²) in [6.07, 6.45) is 0.206. The van der Waals surface area contributed by atoms with Gasteiger partial charge in [0.15, 0.2) is 0 Å². The van der Waals surface area contributed by atoms with Crippen molar-refractivity contribution in [1.29, 1.82) is 0 Å². The molecule has 104 valence electrons. The van der Waals surface area contributed by atoms with Crippen LogP contribution in [-0.4, -0.2) is 48.2 Å². The van der Waals surface area contributed by atoms with Crippen LogP contribution in [0, 0.1) is 0 Å². The van der Waals surface area contributed by atoms with Crippen molar-refractivity contribution in [3.05, 3.63) is 29.3 Å². The van der Waals surface area contributed by atoms with Crippen molar-refractivity contribution in [2.45, 2.75) is 19.4 Å². The summed E-state index contributed by atoms with van der Waals surface area (Å²) in [7, 11) is 0. The van der Waals surface area contributed by atoms with Crippen LogP contribution in [0.15, 0.2) is 24.3 Å². The van der Waals surface area contributed by atoms with Gasteiger partial charge in [0, 0.05) is 42.9 Å². The Bertz CT molecular complexity index is 445. The molecule has 1 aliphatic rings. The van der Waals surface area contributed by atoms with Gasteiger partial charge in [-0.05, 0) is 25.1 Å². The second kappa shape index (κ2) is 6.26. The summed E-state index contributed by atoms with van der Waals surface area (Å²) in [5.74, 6) is -0.732. The number of halogens is 1. The Hall–Kier alpha value is -1.26. The number of aliphatic carboxylic acids is 1. The number of nitrogens with zero attached hydrogens (tertiary/aromatic N) is 2. The molecule has 1 N–H and O–H groups in total. The van der Waals surface area contributed by atoms with E-state index in [9.17, 15) is 4.79 Å². The minimum Gasteiger partial charge on any atom is -0.481 e. The van der Waals surface area contributed by atoms with E-state index >= 15 is 0 Å². The van der Waals surface area contributed by atoms with E-state index in [-0.39, 0.29) is 12.5 Å².